The van der Waals surface area contributed by atoms with Gasteiger partial charge in [0.1, 0.15) is 0 Å². The molecule has 1 saturated heterocycles. The summed E-state index contributed by atoms with van der Waals surface area (Å²) in [6.45, 7) is 6.12. The normalized spacial score (nSPS) is 23.5. The second-order valence-electron chi connectivity index (χ2n) is 8.65. The van der Waals surface area contributed by atoms with E-state index in [2.05, 4.69) is 37.4 Å². The SMILES string of the molecule is CNC(=O)C1CCC2C(=O)N(c3ccc(-c4ccc(C)c(C)c4)cc3C)C(=O)C2C1. The van der Waals surface area contributed by atoms with Crippen molar-refractivity contribution in [2.45, 2.75) is 40.0 Å². The van der Waals surface area contributed by atoms with Crippen molar-refractivity contribution in [3.63, 3.8) is 0 Å². The summed E-state index contributed by atoms with van der Waals surface area (Å²) in [6, 6.07) is 12.2. The van der Waals surface area contributed by atoms with Gasteiger partial charge in [-0.1, -0.05) is 24.3 Å². The Hall–Kier alpha value is -2.95. The van der Waals surface area contributed by atoms with Gasteiger partial charge in [0.2, 0.25) is 17.7 Å². The van der Waals surface area contributed by atoms with Crippen molar-refractivity contribution < 1.29 is 14.4 Å². The lowest BCUT2D eigenvalue weighted by Crippen LogP contribution is -2.35. The van der Waals surface area contributed by atoms with Gasteiger partial charge in [-0.3, -0.25) is 14.4 Å². The van der Waals surface area contributed by atoms with E-state index in [4.69, 9.17) is 0 Å². The third kappa shape index (κ3) is 3.32. The van der Waals surface area contributed by atoms with Gasteiger partial charge in [0.15, 0.2) is 0 Å². The predicted molar refractivity (Wildman–Crippen MR) is 117 cm³/mol. The summed E-state index contributed by atoms with van der Waals surface area (Å²) in [5, 5.41) is 2.67. The van der Waals surface area contributed by atoms with Gasteiger partial charge in [-0.25, -0.2) is 4.90 Å². The second-order valence-corrected chi connectivity index (χ2v) is 8.65. The Labute approximate surface area is 177 Å². The van der Waals surface area contributed by atoms with E-state index >= 15 is 0 Å². The standard InChI is InChI=1S/C25H28N2O3/c1-14-5-6-17(11-15(14)2)18-8-10-22(16(3)12-18)27-24(29)20-9-7-19(23(28)26-4)13-21(20)25(27)30/h5-6,8,10-12,19-21H,7,9,13H2,1-4H3,(H,26,28). The van der Waals surface area contributed by atoms with Gasteiger partial charge < -0.3 is 5.32 Å². The van der Waals surface area contributed by atoms with Gasteiger partial charge in [0, 0.05) is 13.0 Å². The maximum absolute atomic E-state index is 13.2. The zero-order chi connectivity index (χ0) is 21.6. The van der Waals surface area contributed by atoms with Crippen molar-refractivity contribution in [1.82, 2.24) is 5.32 Å². The molecule has 3 unspecified atom stereocenters. The summed E-state index contributed by atoms with van der Waals surface area (Å²) in [6.07, 6.45) is 1.69. The fraction of sp³-hybridized carbons (Fsp3) is 0.400. The highest BCUT2D eigenvalue weighted by atomic mass is 16.2. The molecule has 1 saturated carbocycles. The maximum Gasteiger partial charge on any atom is 0.237 e. The molecule has 1 heterocycles. The highest BCUT2D eigenvalue weighted by molar-refractivity contribution is 6.22. The molecule has 5 heteroatoms. The van der Waals surface area contributed by atoms with Crippen LogP contribution >= 0.6 is 0 Å². The van der Waals surface area contributed by atoms with Crippen molar-refractivity contribution in [3.8, 4) is 11.1 Å². The molecule has 0 radical (unpaired) electrons. The Balaban J connectivity index is 1.62. The van der Waals surface area contributed by atoms with Crippen LogP contribution in [0, 0.1) is 38.5 Å². The van der Waals surface area contributed by atoms with Crippen LogP contribution in [0.1, 0.15) is 36.0 Å². The van der Waals surface area contributed by atoms with Crippen molar-refractivity contribution >= 4 is 23.4 Å². The Morgan fingerprint density at radius 1 is 0.867 bits per heavy atom. The van der Waals surface area contributed by atoms with E-state index in [1.165, 1.54) is 16.0 Å². The Bertz CT molecular complexity index is 1040. The number of aryl methyl sites for hydroxylation is 3. The molecule has 5 nitrogen and oxygen atoms in total. The number of fused-ring (bicyclic) bond motifs is 1. The molecule has 0 spiro atoms. The molecule has 0 bridgehead atoms. The molecule has 3 atom stereocenters. The van der Waals surface area contributed by atoms with E-state index in [1.54, 1.807) is 7.05 Å². The van der Waals surface area contributed by atoms with E-state index in [9.17, 15) is 14.4 Å². The molecule has 2 fully saturated rings. The minimum absolute atomic E-state index is 0.0407. The summed E-state index contributed by atoms with van der Waals surface area (Å²) < 4.78 is 0. The largest absolute Gasteiger partial charge is 0.359 e. The monoisotopic (exact) mass is 404 g/mol. The van der Waals surface area contributed by atoms with Gasteiger partial charge in [-0.2, -0.15) is 0 Å². The summed E-state index contributed by atoms with van der Waals surface area (Å²) in [5.41, 5.74) is 6.22. The molecule has 1 N–H and O–H groups in total. The van der Waals surface area contributed by atoms with Gasteiger partial charge in [-0.05, 0) is 80.0 Å². The fourth-order valence-electron chi connectivity index (χ4n) is 4.87. The number of nitrogens with zero attached hydrogens (tertiary/aromatic N) is 1. The lowest BCUT2D eigenvalue weighted by Gasteiger charge is -2.27. The third-order valence-corrected chi connectivity index (χ3v) is 6.82. The van der Waals surface area contributed by atoms with Gasteiger partial charge in [0.05, 0.1) is 17.5 Å². The van der Waals surface area contributed by atoms with Crippen molar-refractivity contribution in [3.05, 3.63) is 53.1 Å². The lowest BCUT2D eigenvalue weighted by molar-refractivity contribution is -0.129. The zero-order valence-electron chi connectivity index (χ0n) is 18.0. The van der Waals surface area contributed by atoms with Crippen LogP contribution in [0.3, 0.4) is 0 Å². The number of carbonyl (C=O) groups is 3. The average molecular weight is 405 g/mol. The molecule has 2 aromatic rings. The number of nitrogens with one attached hydrogen (secondary N) is 1. The van der Waals surface area contributed by atoms with Crippen LogP contribution in [0.15, 0.2) is 36.4 Å². The molecule has 0 aromatic heterocycles. The minimum Gasteiger partial charge on any atom is -0.359 e. The number of hydrogen-bond acceptors (Lipinski definition) is 3. The van der Waals surface area contributed by atoms with E-state index < -0.39 is 5.92 Å². The Kier molecular flexibility index (Phi) is 5.22. The van der Waals surface area contributed by atoms with Crippen LogP contribution in [-0.4, -0.2) is 24.8 Å². The van der Waals surface area contributed by atoms with E-state index in [-0.39, 0.29) is 29.6 Å². The van der Waals surface area contributed by atoms with Crippen LogP contribution in [-0.2, 0) is 14.4 Å². The van der Waals surface area contributed by atoms with Crippen LogP contribution in [0.4, 0.5) is 5.69 Å². The summed E-state index contributed by atoms with van der Waals surface area (Å²) >= 11 is 0. The first-order valence-electron chi connectivity index (χ1n) is 10.6. The average Bonchev–Trinajstić information content (AvgIpc) is 2.99. The predicted octanol–water partition coefficient (Wildman–Crippen LogP) is 3.93. The molecule has 30 heavy (non-hydrogen) atoms. The number of imide groups is 1. The highest BCUT2D eigenvalue weighted by Gasteiger charge is 2.51. The second kappa shape index (κ2) is 7.71. The molecule has 4 rings (SSSR count). The van der Waals surface area contributed by atoms with E-state index in [0.717, 1.165) is 16.7 Å². The molecule has 3 amide bonds. The van der Waals surface area contributed by atoms with Crippen molar-refractivity contribution in [2.24, 2.45) is 17.8 Å². The topological polar surface area (TPSA) is 66.5 Å². The summed E-state index contributed by atoms with van der Waals surface area (Å²) in [4.78, 5) is 39.7. The van der Waals surface area contributed by atoms with E-state index in [0.29, 0.717) is 24.9 Å². The first-order valence-corrected chi connectivity index (χ1v) is 10.6. The van der Waals surface area contributed by atoms with Gasteiger partial charge in [0.25, 0.3) is 0 Å². The van der Waals surface area contributed by atoms with E-state index in [1.807, 2.05) is 25.1 Å². The summed E-state index contributed by atoms with van der Waals surface area (Å²) in [7, 11) is 1.61. The fourth-order valence-corrected chi connectivity index (χ4v) is 4.87. The number of anilines is 1. The van der Waals surface area contributed by atoms with Crippen molar-refractivity contribution in [2.75, 3.05) is 11.9 Å². The minimum atomic E-state index is -0.396. The zero-order valence-corrected chi connectivity index (χ0v) is 18.0. The van der Waals surface area contributed by atoms with Crippen molar-refractivity contribution in [1.29, 1.82) is 0 Å². The quantitative estimate of drug-likeness (QED) is 0.788. The van der Waals surface area contributed by atoms with Gasteiger partial charge in [-0.15, -0.1) is 0 Å². The summed E-state index contributed by atoms with van der Waals surface area (Å²) in [5.74, 6) is -1.23. The molecular weight excluding hydrogens is 376 g/mol. The molecular formula is C25H28N2O3. The number of hydrogen-bond donors (Lipinski definition) is 1. The maximum atomic E-state index is 13.2. The Morgan fingerprint density at radius 2 is 1.50 bits per heavy atom. The Morgan fingerprint density at radius 3 is 2.13 bits per heavy atom. The molecule has 1 aliphatic heterocycles. The smallest absolute Gasteiger partial charge is 0.237 e. The molecule has 2 aromatic carbocycles. The highest BCUT2D eigenvalue weighted by Crippen LogP contribution is 2.43. The number of carbonyl (C=O) groups excluding carboxylic acids is 3. The van der Waals surface area contributed by atoms with Crippen LogP contribution in [0.5, 0.6) is 0 Å². The lowest BCUT2D eigenvalue weighted by atomic mass is 9.75. The van der Waals surface area contributed by atoms with Crippen LogP contribution < -0.4 is 10.2 Å². The third-order valence-electron chi connectivity index (χ3n) is 6.82. The number of rotatable bonds is 3. The number of benzene rings is 2. The first kappa shape index (κ1) is 20.3. The molecule has 2 aliphatic rings. The van der Waals surface area contributed by atoms with Crippen LogP contribution in [0.25, 0.3) is 11.1 Å². The number of amides is 3. The molecule has 156 valence electrons. The van der Waals surface area contributed by atoms with Crippen LogP contribution in [0.2, 0.25) is 0 Å². The van der Waals surface area contributed by atoms with Gasteiger partial charge >= 0.3 is 0 Å². The first-order chi connectivity index (χ1) is 14.3. The molecule has 1 aliphatic carbocycles.